The second kappa shape index (κ2) is 6.00. The fraction of sp³-hybridized carbons (Fsp3) is 0.474. The van der Waals surface area contributed by atoms with Gasteiger partial charge in [0.2, 0.25) is 0 Å². The van der Waals surface area contributed by atoms with Gasteiger partial charge in [0.15, 0.2) is 0 Å². The molecule has 0 amide bonds. The second-order valence-corrected chi connectivity index (χ2v) is 7.41. The number of allylic oxidation sites excluding steroid dienone is 2. The monoisotopic (exact) mass is 326 g/mol. The van der Waals surface area contributed by atoms with Crippen LogP contribution in [0, 0.1) is 39.9 Å². The lowest BCUT2D eigenvalue weighted by molar-refractivity contribution is -0.0108. The van der Waals surface area contributed by atoms with E-state index in [0.717, 1.165) is 30.4 Å². The maximum Gasteiger partial charge on any atom is 0.129 e. The number of hydrogen-bond donors (Lipinski definition) is 1. The predicted molar refractivity (Wildman–Crippen MR) is 88.5 cm³/mol. The van der Waals surface area contributed by atoms with Gasteiger partial charge in [-0.3, -0.25) is 0 Å². The van der Waals surface area contributed by atoms with Crippen molar-refractivity contribution in [3.05, 3.63) is 46.0 Å². The van der Waals surface area contributed by atoms with Gasteiger partial charge in [0.05, 0.1) is 0 Å². The van der Waals surface area contributed by atoms with Gasteiger partial charge in [-0.2, -0.15) is 10.5 Å². The highest BCUT2D eigenvalue weighted by atomic mass is 35.5. The Morgan fingerprint density at radius 3 is 2.74 bits per heavy atom. The molecule has 0 aromatic heterocycles. The molecule has 0 unspecified atom stereocenters. The molecule has 0 spiro atoms. The lowest BCUT2D eigenvalue weighted by Gasteiger charge is -2.56. The van der Waals surface area contributed by atoms with E-state index in [1.165, 1.54) is 0 Å². The number of rotatable bonds is 2. The SMILES string of the molecule is C[C@]12CC[C@H](C(=C(C#N)C#N)C1)[C@H](c1cccc(Cl)c1)[C@H]2CO. The molecule has 0 aliphatic heterocycles. The average Bonchev–Trinajstić information content (AvgIpc) is 2.55. The first kappa shape index (κ1) is 16.1. The highest BCUT2D eigenvalue weighted by molar-refractivity contribution is 6.30. The highest BCUT2D eigenvalue weighted by Crippen LogP contribution is 2.62. The highest BCUT2D eigenvalue weighted by Gasteiger charge is 2.53. The number of hydrogen-bond acceptors (Lipinski definition) is 3. The number of halogens is 1. The average molecular weight is 327 g/mol. The van der Waals surface area contributed by atoms with Crippen LogP contribution in [0.25, 0.3) is 0 Å². The summed E-state index contributed by atoms with van der Waals surface area (Å²) in [4.78, 5) is 0. The number of aliphatic hydroxyl groups excluding tert-OH is 1. The van der Waals surface area contributed by atoms with Crippen molar-refractivity contribution in [2.45, 2.75) is 32.1 Å². The van der Waals surface area contributed by atoms with E-state index < -0.39 is 0 Å². The number of fused-ring (bicyclic) bond motifs is 3. The standard InChI is InChI=1S/C19H19ClN2O/c1-19-6-5-15(16(8-19)13(9-21)10-22)18(17(19)11-23)12-3-2-4-14(20)7-12/h2-4,7,15,17-18,23H,5-6,8,11H2,1H3/t15-,17-,18+,19+/m1/s1. The third-order valence-electron chi connectivity index (χ3n) is 5.81. The quantitative estimate of drug-likeness (QED) is 0.828. The van der Waals surface area contributed by atoms with Crippen molar-refractivity contribution in [2.75, 3.05) is 6.61 Å². The van der Waals surface area contributed by atoms with Crippen LogP contribution < -0.4 is 0 Å². The molecule has 118 valence electrons. The maximum atomic E-state index is 10.0. The molecule has 4 heteroatoms. The molecule has 3 fully saturated rings. The Labute approximate surface area is 141 Å². The molecule has 3 aliphatic carbocycles. The normalized spacial score (nSPS) is 32.2. The third kappa shape index (κ3) is 2.55. The Kier molecular flexibility index (Phi) is 4.19. The van der Waals surface area contributed by atoms with Crippen LogP contribution in [-0.2, 0) is 0 Å². The van der Waals surface area contributed by atoms with E-state index in [9.17, 15) is 15.6 Å². The van der Waals surface area contributed by atoms with Crippen LogP contribution in [0.15, 0.2) is 35.4 Å². The van der Waals surface area contributed by atoms with Gasteiger partial charge in [-0.1, -0.05) is 30.7 Å². The molecule has 1 aromatic carbocycles. The smallest absolute Gasteiger partial charge is 0.129 e. The molecule has 0 saturated heterocycles. The van der Waals surface area contributed by atoms with E-state index in [1.807, 2.05) is 24.3 Å². The molecule has 3 nitrogen and oxygen atoms in total. The summed E-state index contributed by atoms with van der Waals surface area (Å²) in [5.74, 6) is 0.377. The van der Waals surface area contributed by atoms with Crippen molar-refractivity contribution in [1.29, 1.82) is 10.5 Å². The fourth-order valence-electron chi connectivity index (χ4n) is 4.70. The summed E-state index contributed by atoms with van der Waals surface area (Å²) >= 11 is 6.17. The third-order valence-corrected chi connectivity index (χ3v) is 6.04. The van der Waals surface area contributed by atoms with Crippen molar-refractivity contribution in [2.24, 2.45) is 17.3 Å². The van der Waals surface area contributed by atoms with Crippen LogP contribution in [-0.4, -0.2) is 11.7 Å². The molecule has 0 heterocycles. The predicted octanol–water partition coefficient (Wildman–Crippen LogP) is 4.20. The minimum Gasteiger partial charge on any atom is -0.396 e. The Morgan fingerprint density at radius 1 is 1.39 bits per heavy atom. The molecule has 4 atom stereocenters. The lowest BCUT2D eigenvalue weighted by Crippen LogP contribution is -2.48. The van der Waals surface area contributed by atoms with Crippen LogP contribution in [0.3, 0.4) is 0 Å². The number of nitriles is 2. The van der Waals surface area contributed by atoms with E-state index >= 15 is 0 Å². The summed E-state index contributed by atoms with van der Waals surface area (Å²) < 4.78 is 0. The molecular weight excluding hydrogens is 308 g/mol. The first-order chi connectivity index (χ1) is 11.0. The van der Waals surface area contributed by atoms with Gasteiger partial charge >= 0.3 is 0 Å². The van der Waals surface area contributed by atoms with Crippen LogP contribution in [0.5, 0.6) is 0 Å². The van der Waals surface area contributed by atoms with Crippen molar-refractivity contribution in [3.63, 3.8) is 0 Å². The fourth-order valence-corrected chi connectivity index (χ4v) is 4.89. The summed E-state index contributed by atoms with van der Waals surface area (Å²) in [5, 5.41) is 29.3. The van der Waals surface area contributed by atoms with Crippen molar-refractivity contribution >= 4 is 11.6 Å². The molecule has 1 N–H and O–H groups in total. The van der Waals surface area contributed by atoms with Crippen LogP contribution in [0.4, 0.5) is 0 Å². The van der Waals surface area contributed by atoms with Crippen LogP contribution >= 0.6 is 11.6 Å². The van der Waals surface area contributed by atoms with Gasteiger partial charge in [0.25, 0.3) is 0 Å². The maximum absolute atomic E-state index is 10.0. The summed E-state index contributed by atoms with van der Waals surface area (Å²) in [5.41, 5.74) is 2.24. The zero-order valence-electron chi connectivity index (χ0n) is 13.1. The first-order valence-corrected chi connectivity index (χ1v) is 8.31. The number of aliphatic hydroxyl groups is 1. The number of benzene rings is 1. The van der Waals surface area contributed by atoms with E-state index in [-0.39, 0.29) is 35.3 Å². The zero-order valence-corrected chi connectivity index (χ0v) is 13.8. The van der Waals surface area contributed by atoms with Crippen molar-refractivity contribution in [1.82, 2.24) is 0 Å². The van der Waals surface area contributed by atoms with Crippen molar-refractivity contribution in [3.8, 4) is 12.1 Å². The molecule has 3 saturated carbocycles. The van der Waals surface area contributed by atoms with Crippen LogP contribution in [0.2, 0.25) is 5.02 Å². The molecule has 23 heavy (non-hydrogen) atoms. The minimum atomic E-state index is -0.0786. The van der Waals surface area contributed by atoms with Crippen LogP contribution in [0.1, 0.15) is 37.7 Å². The van der Waals surface area contributed by atoms with Gasteiger partial charge in [0.1, 0.15) is 17.7 Å². The van der Waals surface area contributed by atoms with Crippen molar-refractivity contribution < 1.29 is 5.11 Å². The number of nitrogens with zero attached hydrogens (tertiary/aromatic N) is 2. The van der Waals surface area contributed by atoms with Gasteiger partial charge in [-0.15, -0.1) is 0 Å². The van der Waals surface area contributed by atoms with E-state index in [4.69, 9.17) is 11.6 Å². The Morgan fingerprint density at radius 2 is 2.13 bits per heavy atom. The molecular formula is C19H19ClN2O. The van der Waals surface area contributed by atoms with E-state index in [0.29, 0.717) is 5.02 Å². The van der Waals surface area contributed by atoms with Gasteiger partial charge in [0, 0.05) is 11.6 Å². The first-order valence-electron chi connectivity index (χ1n) is 7.93. The topological polar surface area (TPSA) is 67.8 Å². The van der Waals surface area contributed by atoms with Gasteiger partial charge in [-0.05, 0) is 65.7 Å². The molecule has 0 radical (unpaired) electrons. The largest absolute Gasteiger partial charge is 0.396 e. The van der Waals surface area contributed by atoms with E-state index in [2.05, 4.69) is 19.1 Å². The lowest BCUT2D eigenvalue weighted by atomic mass is 9.48. The molecule has 2 bridgehead atoms. The molecule has 3 aliphatic rings. The Bertz CT molecular complexity index is 726. The summed E-state index contributed by atoms with van der Waals surface area (Å²) in [6.45, 7) is 2.29. The summed E-state index contributed by atoms with van der Waals surface area (Å²) in [6.07, 6.45) is 2.70. The van der Waals surface area contributed by atoms with Gasteiger partial charge < -0.3 is 5.11 Å². The van der Waals surface area contributed by atoms with E-state index in [1.54, 1.807) is 0 Å². The second-order valence-electron chi connectivity index (χ2n) is 6.97. The summed E-state index contributed by atoms with van der Waals surface area (Å²) in [6, 6.07) is 11.9. The zero-order chi connectivity index (χ0) is 16.6. The minimum absolute atomic E-state index is 0.0786. The molecule has 4 rings (SSSR count). The Balaban J connectivity index is 2.15. The summed E-state index contributed by atoms with van der Waals surface area (Å²) in [7, 11) is 0. The van der Waals surface area contributed by atoms with Gasteiger partial charge in [-0.25, -0.2) is 0 Å². The Hall–Kier alpha value is -1.81. The molecule has 1 aromatic rings.